The molecular weight excluding hydrogens is 165 g/mol. The first-order valence-electron chi connectivity index (χ1n) is 4.82. The predicted molar refractivity (Wildman–Crippen MR) is 56.5 cm³/mol. The summed E-state index contributed by atoms with van der Waals surface area (Å²) < 4.78 is 12.6. The van der Waals surface area contributed by atoms with Gasteiger partial charge in [-0.1, -0.05) is 26.8 Å². The van der Waals surface area contributed by atoms with Gasteiger partial charge in [-0.05, 0) is 24.6 Å². The van der Waals surface area contributed by atoms with Crippen LogP contribution in [0.3, 0.4) is 0 Å². The van der Waals surface area contributed by atoms with Crippen LogP contribution in [-0.2, 0) is 0 Å². The lowest BCUT2D eigenvalue weighted by Gasteiger charge is -2.02. The van der Waals surface area contributed by atoms with Crippen LogP contribution in [0.5, 0.6) is 0 Å². The van der Waals surface area contributed by atoms with Crippen molar-refractivity contribution in [1.29, 1.82) is 0 Å². The van der Waals surface area contributed by atoms with Crippen LogP contribution in [-0.4, -0.2) is 6.54 Å². The third-order valence-corrected chi connectivity index (χ3v) is 1.40. The molecule has 0 heterocycles. The highest BCUT2D eigenvalue weighted by Crippen LogP contribution is 2.08. The molecule has 13 heavy (non-hydrogen) atoms. The van der Waals surface area contributed by atoms with Gasteiger partial charge in [-0.2, -0.15) is 0 Å². The Balaban J connectivity index is 0.000000671. The number of hydrogen-bond donors (Lipinski definition) is 1. The Bertz CT molecular complexity index is 223. The van der Waals surface area contributed by atoms with Crippen LogP contribution in [0, 0.1) is 5.82 Å². The third-order valence-electron chi connectivity index (χ3n) is 1.40. The first-order chi connectivity index (χ1) is 6.33. The van der Waals surface area contributed by atoms with E-state index in [0.29, 0.717) is 0 Å². The standard InChI is InChI=1S/C9H12FN.C2H6/c1-2-6-11-9-5-3-4-8(10)7-9;1-2/h3-5,7,11H,2,6H2,1H3;1-2H3. The Labute approximate surface area is 80.0 Å². The van der Waals surface area contributed by atoms with Gasteiger partial charge in [-0.15, -0.1) is 0 Å². The second kappa shape index (κ2) is 7.59. The largest absolute Gasteiger partial charge is 0.385 e. The molecule has 0 atom stereocenters. The summed E-state index contributed by atoms with van der Waals surface area (Å²) >= 11 is 0. The van der Waals surface area contributed by atoms with Gasteiger partial charge >= 0.3 is 0 Å². The van der Waals surface area contributed by atoms with Crippen molar-refractivity contribution in [3.63, 3.8) is 0 Å². The fourth-order valence-corrected chi connectivity index (χ4v) is 0.868. The molecule has 0 unspecified atom stereocenters. The lowest BCUT2D eigenvalue weighted by atomic mass is 10.3. The molecule has 0 aliphatic rings. The van der Waals surface area contributed by atoms with Gasteiger partial charge < -0.3 is 5.32 Å². The topological polar surface area (TPSA) is 12.0 Å². The first-order valence-corrected chi connectivity index (χ1v) is 4.82. The van der Waals surface area contributed by atoms with Crippen LogP contribution in [0.25, 0.3) is 0 Å². The molecule has 1 aromatic carbocycles. The lowest BCUT2D eigenvalue weighted by Crippen LogP contribution is -1.99. The van der Waals surface area contributed by atoms with Crippen molar-refractivity contribution < 1.29 is 4.39 Å². The van der Waals surface area contributed by atoms with E-state index >= 15 is 0 Å². The summed E-state index contributed by atoms with van der Waals surface area (Å²) in [5.74, 6) is -0.189. The maximum atomic E-state index is 12.6. The maximum absolute atomic E-state index is 12.6. The number of nitrogens with one attached hydrogen (secondary N) is 1. The molecule has 0 fully saturated rings. The fraction of sp³-hybridized carbons (Fsp3) is 0.455. The summed E-state index contributed by atoms with van der Waals surface area (Å²) in [5.41, 5.74) is 0.854. The molecule has 0 aliphatic carbocycles. The highest BCUT2D eigenvalue weighted by molar-refractivity contribution is 5.42. The van der Waals surface area contributed by atoms with Crippen LogP contribution in [0.2, 0.25) is 0 Å². The second-order valence-corrected chi connectivity index (χ2v) is 2.44. The van der Waals surface area contributed by atoms with Crippen molar-refractivity contribution in [2.75, 3.05) is 11.9 Å². The van der Waals surface area contributed by atoms with E-state index in [1.54, 1.807) is 6.07 Å². The summed E-state index contributed by atoms with van der Waals surface area (Å²) in [6.45, 7) is 6.97. The number of hydrogen-bond acceptors (Lipinski definition) is 1. The highest BCUT2D eigenvalue weighted by Gasteiger charge is 1.91. The van der Waals surface area contributed by atoms with E-state index < -0.39 is 0 Å². The van der Waals surface area contributed by atoms with Gasteiger partial charge in [0.25, 0.3) is 0 Å². The zero-order chi connectivity index (χ0) is 10.1. The average molecular weight is 183 g/mol. The first kappa shape index (κ1) is 11.9. The Kier molecular flexibility index (Phi) is 6.98. The molecule has 1 rings (SSSR count). The van der Waals surface area contributed by atoms with Crippen LogP contribution in [0.15, 0.2) is 24.3 Å². The minimum atomic E-state index is -0.189. The molecule has 0 saturated carbocycles. The minimum Gasteiger partial charge on any atom is -0.385 e. The maximum Gasteiger partial charge on any atom is 0.125 e. The molecule has 0 radical (unpaired) electrons. The van der Waals surface area contributed by atoms with Crippen molar-refractivity contribution in [2.45, 2.75) is 27.2 Å². The summed E-state index contributed by atoms with van der Waals surface area (Å²) in [4.78, 5) is 0. The van der Waals surface area contributed by atoms with Crippen LogP contribution in [0.1, 0.15) is 27.2 Å². The molecule has 74 valence electrons. The van der Waals surface area contributed by atoms with E-state index in [4.69, 9.17) is 0 Å². The van der Waals surface area contributed by atoms with E-state index in [2.05, 4.69) is 12.2 Å². The van der Waals surface area contributed by atoms with Crippen LogP contribution >= 0.6 is 0 Å². The summed E-state index contributed by atoms with van der Waals surface area (Å²) in [6.07, 6.45) is 1.05. The van der Waals surface area contributed by atoms with Crippen molar-refractivity contribution in [2.24, 2.45) is 0 Å². The van der Waals surface area contributed by atoms with Crippen LogP contribution < -0.4 is 5.32 Å². The van der Waals surface area contributed by atoms with Crippen molar-refractivity contribution >= 4 is 5.69 Å². The van der Waals surface area contributed by atoms with Gasteiger partial charge in [-0.3, -0.25) is 0 Å². The quantitative estimate of drug-likeness (QED) is 0.753. The van der Waals surface area contributed by atoms with E-state index in [1.807, 2.05) is 19.9 Å². The molecule has 0 spiro atoms. The SMILES string of the molecule is CC.CCCNc1cccc(F)c1. The molecule has 1 N–H and O–H groups in total. The van der Waals surface area contributed by atoms with Gasteiger partial charge in [0.05, 0.1) is 0 Å². The molecule has 0 bridgehead atoms. The zero-order valence-corrected chi connectivity index (χ0v) is 8.60. The molecule has 1 aromatic rings. The van der Waals surface area contributed by atoms with Crippen molar-refractivity contribution in [1.82, 2.24) is 0 Å². The van der Waals surface area contributed by atoms with Crippen LogP contribution in [0.4, 0.5) is 10.1 Å². The van der Waals surface area contributed by atoms with E-state index in [0.717, 1.165) is 18.7 Å². The van der Waals surface area contributed by atoms with Gasteiger partial charge in [0.2, 0.25) is 0 Å². The van der Waals surface area contributed by atoms with Gasteiger partial charge in [-0.25, -0.2) is 4.39 Å². The molecule has 2 heteroatoms. The number of halogens is 1. The Hall–Kier alpha value is -1.05. The number of benzene rings is 1. The summed E-state index contributed by atoms with van der Waals surface area (Å²) in [6, 6.07) is 6.50. The van der Waals surface area contributed by atoms with Crippen molar-refractivity contribution in [3.05, 3.63) is 30.1 Å². The molecular formula is C11H18FN. The monoisotopic (exact) mass is 183 g/mol. The number of anilines is 1. The summed E-state index contributed by atoms with van der Waals surface area (Å²) in [7, 11) is 0. The molecule has 0 saturated heterocycles. The van der Waals surface area contributed by atoms with E-state index in [1.165, 1.54) is 12.1 Å². The minimum absolute atomic E-state index is 0.189. The Morgan fingerprint density at radius 2 is 2.00 bits per heavy atom. The predicted octanol–water partition coefficient (Wildman–Crippen LogP) is 3.67. The zero-order valence-electron chi connectivity index (χ0n) is 8.60. The molecule has 0 aliphatic heterocycles. The lowest BCUT2D eigenvalue weighted by molar-refractivity contribution is 0.628. The molecule has 1 nitrogen and oxygen atoms in total. The average Bonchev–Trinajstić information content (AvgIpc) is 2.18. The normalized spacial score (nSPS) is 8.62. The smallest absolute Gasteiger partial charge is 0.125 e. The highest BCUT2D eigenvalue weighted by atomic mass is 19.1. The van der Waals surface area contributed by atoms with Crippen molar-refractivity contribution in [3.8, 4) is 0 Å². The van der Waals surface area contributed by atoms with Gasteiger partial charge in [0.15, 0.2) is 0 Å². The third kappa shape index (κ3) is 5.23. The second-order valence-electron chi connectivity index (χ2n) is 2.44. The molecule has 0 amide bonds. The van der Waals surface area contributed by atoms with E-state index in [-0.39, 0.29) is 5.82 Å². The summed E-state index contributed by atoms with van der Waals surface area (Å²) in [5, 5.41) is 3.10. The van der Waals surface area contributed by atoms with Gasteiger partial charge in [0, 0.05) is 12.2 Å². The Morgan fingerprint density at radius 3 is 2.54 bits per heavy atom. The molecule has 0 aromatic heterocycles. The van der Waals surface area contributed by atoms with E-state index in [9.17, 15) is 4.39 Å². The number of rotatable bonds is 3. The Morgan fingerprint density at radius 1 is 1.31 bits per heavy atom. The van der Waals surface area contributed by atoms with Gasteiger partial charge in [0.1, 0.15) is 5.82 Å². The fourth-order valence-electron chi connectivity index (χ4n) is 0.868.